The summed E-state index contributed by atoms with van der Waals surface area (Å²) in [6.45, 7) is 4.57. The summed E-state index contributed by atoms with van der Waals surface area (Å²) in [4.78, 5) is 42.3. The zero-order valence-corrected chi connectivity index (χ0v) is 20.5. The van der Waals surface area contributed by atoms with Gasteiger partial charge >= 0.3 is 6.03 Å². The van der Waals surface area contributed by atoms with Gasteiger partial charge in [0.2, 0.25) is 5.91 Å². The second-order valence-corrected chi connectivity index (χ2v) is 9.13. The monoisotopic (exact) mass is 500 g/mol. The van der Waals surface area contributed by atoms with Gasteiger partial charge in [0.25, 0.3) is 5.91 Å². The summed E-state index contributed by atoms with van der Waals surface area (Å²) >= 11 is 12.5. The van der Waals surface area contributed by atoms with Crippen LogP contribution in [0.3, 0.4) is 0 Å². The number of hydrogen-bond donors (Lipinski definition) is 2. The first-order chi connectivity index (χ1) is 16.3. The number of likely N-dealkylation sites (N-methyl/N-ethyl adjacent to an activating group) is 1. The third-order valence-electron chi connectivity index (χ3n) is 6.24. The Hall–Kier alpha value is -3.03. The second-order valence-electron chi connectivity index (χ2n) is 8.29. The van der Waals surface area contributed by atoms with E-state index in [-0.39, 0.29) is 24.4 Å². The van der Waals surface area contributed by atoms with Gasteiger partial charge in [0.1, 0.15) is 6.04 Å². The molecule has 34 heavy (non-hydrogen) atoms. The Morgan fingerprint density at radius 3 is 2.59 bits per heavy atom. The van der Waals surface area contributed by atoms with E-state index in [1.807, 2.05) is 37.3 Å². The molecular formula is C25H26Cl2N4O3. The summed E-state index contributed by atoms with van der Waals surface area (Å²) < 4.78 is 0. The van der Waals surface area contributed by atoms with Gasteiger partial charge < -0.3 is 15.5 Å². The second kappa shape index (κ2) is 10.1. The van der Waals surface area contributed by atoms with E-state index in [0.29, 0.717) is 46.4 Å². The van der Waals surface area contributed by atoms with Crippen LogP contribution in [0.4, 0.5) is 4.79 Å². The molecule has 2 atom stereocenters. The van der Waals surface area contributed by atoms with Crippen LogP contribution in [0.1, 0.15) is 31.0 Å². The number of carbonyl (C=O) groups is 3. The molecule has 2 heterocycles. The van der Waals surface area contributed by atoms with Crippen LogP contribution in [0.15, 0.2) is 59.8 Å². The summed E-state index contributed by atoms with van der Waals surface area (Å²) in [5, 5.41) is 6.62. The summed E-state index contributed by atoms with van der Waals surface area (Å²) in [7, 11) is 0. The molecule has 2 aliphatic heterocycles. The first kappa shape index (κ1) is 24.1. The molecule has 9 heteroatoms. The molecule has 0 saturated carbocycles. The average molecular weight is 501 g/mol. The van der Waals surface area contributed by atoms with Crippen LogP contribution in [0.2, 0.25) is 10.0 Å². The van der Waals surface area contributed by atoms with E-state index in [1.54, 1.807) is 25.1 Å². The Morgan fingerprint density at radius 2 is 1.91 bits per heavy atom. The van der Waals surface area contributed by atoms with Crippen molar-refractivity contribution in [3.63, 3.8) is 0 Å². The van der Waals surface area contributed by atoms with Crippen molar-refractivity contribution in [2.24, 2.45) is 0 Å². The standard InChI is InChI=1S/C25H26Cl2N4O3/c1-3-30-20-14-31(15(2)23(32)28-12-11-16-7-5-4-6-8-16)24(33)21(20)22(29-25(30)34)18-10-9-17(26)13-19(18)27/h4-10,13,15,22H,3,11-12,14H2,1-2H3,(H,28,32)(H,29,34)/t15-,22-/m0/s1. The molecule has 4 amide bonds. The van der Waals surface area contributed by atoms with Crippen molar-refractivity contribution in [3.05, 3.63) is 81.0 Å². The van der Waals surface area contributed by atoms with Gasteiger partial charge in [-0.25, -0.2) is 4.79 Å². The normalized spacial score (nSPS) is 18.6. The highest BCUT2D eigenvalue weighted by molar-refractivity contribution is 6.35. The number of halogens is 2. The zero-order chi connectivity index (χ0) is 24.4. The van der Waals surface area contributed by atoms with Crippen molar-refractivity contribution < 1.29 is 14.4 Å². The highest BCUT2D eigenvalue weighted by atomic mass is 35.5. The molecule has 0 aromatic heterocycles. The zero-order valence-electron chi connectivity index (χ0n) is 19.0. The lowest BCUT2D eigenvalue weighted by molar-refractivity contribution is -0.135. The predicted octanol–water partition coefficient (Wildman–Crippen LogP) is 3.92. The predicted molar refractivity (Wildman–Crippen MR) is 131 cm³/mol. The number of urea groups is 1. The fourth-order valence-corrected chi connectivity index (χ4v) is 4.91. The maximum atomic E-state index is 13.6. The molecule has 0 fully saturated rings. The Morgan fingerprint density at radius 1 is 1.18 bits per heavy atom. The SMILES string of the molecule is CCN1C(=O)N[C@@H](c2ccc(Cl)cc2Cl)C2=C1CN([C@@H](C)C(=O)NCCc1ccccc1)C2=O. The molecule has 4 rings (SSSR count). The van der Waals surface area contributed by atoms with E-state index in [2.05, 4.69) is 10.6 Å². The van der Waals surface area contributed by atoms with E-state index in [4.69, 9.17) is 23.2 Å². The van der Waals surface area contributed by atoms with Crippen LogP contribution >= 0.6 is 23.2 Å². The molecule has 2 aromatic rings. The first-order valence-electron chi connectivity index (χ1n) is 11.2. The Balaban J connectivity index is 1.53. The molecule has 0 unspecified atom stereocenters. The van der Waals surface area contributed by atoms with Crippen LogP contribution in [0.25, 0.3) is 0 Å². The lowest BCUT2D eigenvalue weighted by atomic mass is 9.95. The van der Waals surface area contributed by atoms with Crippen molar-refractivity contribution in [2.75, 3.05) is 19.6 Å². The Labute approximate surface area is 208 Å². The molecule has 2 aliphatic rings. The number of hydrogen-bond acceptors (Lipinski definition) is 3. The Bertz CT molecular complexity index is 1150. The number of nitrogens with one attached hydrogen (secondary N) is 2. The largest absolute Gasteiger partial charge is 0.354 e. The average Bonchev–Trinajstić information content (AvgIpc) is 3.16. The van der Waals surface area contributed by atoms with Gasteiger partial charge in [0.05, 0.1) is 23.9 Å². The molecule has 178 valence electrons. The minimum Gasteiger partial charge on any atom is -0.354 e. The number of amides is 4. The molecule has 0 spiro atoms. The van der Waals surface area contributed by atoms with Crippen molar-refractivity contribution >= 4 is 41.0 Å². The molecule has 0 aliphatic carbocycles. The molecule has 2 N–H and O–H groups in total. The van der Waals surface area contributed by atoms with Crippen molar-refractivity contribution in [2.45, 2.75) is 32.4 Å². The Kier molecular flexibility index (Phi) is 7.14. The summed E-state index contributed by atoms with van der Waals surface area (Å²) in [6.07, 6.45) is 0.696. The van der Waals surface area contributed by atoms with Crippen molar-refractivity contribution in [1.29, 1.82) is 0 Å². The lowest BCUT2D eigenvalue weighted by Gasteiger charge is -2.33. The van der Waals surface area contributed by atoms with Crippen LogP contribution in [-0.4, -0.2) is 53.3 Å². The minimum absolute atomic E-state index is 0.171. The van der Waals surface area contributed by atoms with E-state index in [1.165, 1.54) is 9.80 Å². The van der Waals surface area contributed by atoms with E-state index < -0.39 is 12.1 Å². The molecular weight excluding hydrogens is 475 g/mol. The van der Waals surface area contributed by atoms with Gasteiger partial charge in [-0.2, -0.15) is 0 Å². The number of rotatable bonds is 7. The fourth-order valence-electron chi connectivity index (χ4n) is 4.39. The molecule has 0 bridgehead atoms. The quantitative estimate of drug-likeness (QED) is 0.604. The van der Waals surface area contributed by atoms with Crippen LogP contribution in [0, 0.1) is 0 Å². The number of carbonyl (C=O) groups excluding carboxylic acids is 3. The molecule has 7 nitrogen and oxygen atoms in total. The number of nitrogens with zero attached hydrogens (tertiary/aromatic N) is 2. The fraction of sp³-hybridized carbons (Fsp3) is 0.320. The topological polar surface area (TPSA) is 81.8 Å². The van der Waals surface area contributed by atoms with Gasteiger partial charge in [-0.3, -0.25) is 14.5 Å². The van der Waals surface area contributed by atoms with Gasteiger partial charge in [-0.1, -0.05) is 59.6 Å². The van der Waals surface area contributed by atoms with Crippen LogP contribution in [-0.2, 0) is 16.0 Å². The minimum atomic E-state index is -0.721. The molecule has 2 aromatic carbocycles. The third kappa shape index (κ3) is 4.63. The van der Waals surface area contributed by atoms with Gasteiger partial charge in [0.15, 0.2) is 0 Å². The summed E-state index contributed by atoms with van der Waals surface area (Å²) in [5.74, 6) is -0.539. The van der Waals surface area contributed by atoms with Gasteiger partial charge in [-0.15, -0.1) is 0 Å². The van der Waals surface area contributed by atoms with E-state index >= 15 is 0 Å². The third-order valence-corrected chi connectivity index (χ3v) is 6.80. The summed E-state index contributed by atoms with van der Waals surface area (Å²) in [6, 6.07) is 13.1. The van der Waals surface area contributed by atoms with Gasteiger partial charge in [0, 0.05) is 23.1 Å². The first-order valence-corrected chi connectivity index (χ1v) is 12.0. The van der Waals surface area contributed by atoms with Crippen molar-refractivity contribution in [1.82, 2.24) is 20.4 Å². The van der Waals surface area contributed by atoms with Crippen LogP contribution in [0.5, 0.6) is 0 Å². The maximum Gasteiger partial charge on any atom is 0.322 e. The van der Waals surface area contributed by atoms with E-state index in [9.17, 15) is 14.4 Å². The lowest BCUT2D eigenvalue weighted by Crippen LogP contribution is -2.47. The van der Waals surface area contributed by atoms with Crippen molar-refractivity contribution in [3.8, 4) is 0 Å². The molecule has 0 saturated heterocycles. The highest BCUT2D eigenvalue weighted by Crippen LogP contribution is 2.39. The van der Waals surface area contributed by atoms with Crippen LogP contribution < -0.4 is 10.6 Å². The highest BCUT2D eigenvalue weighted by Gasteiger charge is 2.46. The smallest absolute Gasteiger partial charge is 0.322 e. The number of benzene rings is 2. The van der Waals surface area contributed by atoms with E-state index in [0.717, 1.165) is 5.56 Å². The summed E-state index contributed by atoms with van der Waals surface area (Å²) in [5.41, 5.74) is 2.72. The molecule has 0 radical (unpaired) electrons. The maximum absolute atomic E-state index is 13.6. The van der Waals surface area contributed by atoms with Gasteiger partial charge in [-0.05, 0) is 43.5 Å².